The van der Waals surface area contributed by atoms with Crippen LogP contribution in [0.25, 0.3) is 0 Å². The largest absolute Gasteiger partial charge is 0.455 e. The van der Waals surface area contributed by atoms with Crippen LogP contribution in [-0.4, -0.2) is 12.5 Å². The molecule has 3 aromatic rings. The molecule has 0 spiro atoms. The second-order valence-electron chi connectivity index (χ2n) is 5.88. The van der Waals surface area contributed by atoms with Gasteiger partial charge in [-0.1, -0.05) is 54.1 Å². The summed E-state index contributed by atoms with van der Waals surface area (Å²) in [6.07, 6.45) is 0.801. The fraction of sp³-hybridized carbons (Fsp3) is 0.190. The quantitative estimate of drug-likeness (QED) is 0.569. The lowest BCUT2D eigenvalue weighted by molar-refractivity contribution is 0.0925. The molecule has 1 amide bonds. The second kappa shape index (κ2) is 9.51. The van der Waals surface area contributed by atoms with Crippen molar-refractivity contribution in [1.29, 1.82) is 0 Å². The number of carbonyl (C=O) groups excluding carboxylic acids is 1. The Kier molecular flexibility index (Phi) is 6.81. The summed E-state index contributed by atoms with van der Waals surface area (Å²) < 4.78 is 5.65. The van der Waals surface area contributed by atoms with Gasteiger partial charge in [0.15, 0.2) is 5.76 Å². The van der Waals surface area contributed by atoms with Gasteiger partial charge in [-0.25, -0.2) is 0 Å². The fourth-order valence-corrected chi connectivity index (χ4v) is 3.61. The molecule has 0 bridgehead atoms. The fourth-order valence-electron chi connectivity index (χ4n) is 2.53. The molecule has 134 valence electrons. The van der Waals surface area contributed by atoms with E-state index in [-0.39, 0.29) is 5.91 Å². The van der Waals surface area contributed by atoms with Gasteiger partial charge in [0.2, 0.25) is 0 Å². The van der Waals surface area contributed by atoms with Crippen molar-refractivity contribution >= 4 is 29.3 Å². The van der Waals surface area contributed by atoms with E-state index in [0.717, 1.165) is 23.0 Å². The third kappa shape index (κ3) is 5.68. The van der Waals surface area contributed by atoms with Gasteiger partial charge in [0.25, 0.3) is 5.91 Å². The van der Waals surface area contributed by atoms with Crippen molar-refractivity contribution in [3.05, 3.63) is 94.4 Å². The standard InChI is InChI=1S/C21H20ClNO2S/c22-18-8-4-7-17(13-18)14-26-15-19-9-10-20(25-19)21(24)23-12-11-16-5-2-1-3-6-16/h1-10,13H,11-12,14-15H2,(H,23,24). The summed E-state index contributed by atoms with van der Waals surface area (Å²) in [5.74, 6) is 2.54. The number of rotatable bonds is 8. The molecule has 0 saturated carbocycles. The van der Waals surface area contributed by atoms with Crippen molar-refractivity contribution in [2.45, 2.75) is 17.9 Å². The van der Waals surface area contributed by atoms with Crippen LogP contribution in [0.4, 0.5) is 0 Å². The molecule has 1 aromatic heterocycles. The first-order valence-electron chi connectivity index (χ1n) is 8.44. The van der Waals surface area contributed by atoms with Crippen molar-refractivity contribution in [1.82, 2.24) is 5.32 Å². The molecule has 0 aliphatic rings. The highest BCUT2D eigenvalue weighted by Gasteiger charge is 2.10. The molecule has 5 heteroatoms. The zero-order valence-corrected chi connectivity index (χ0v) is 15.9. The molecule has 0 fully saturated rings. The first kappa shape index (κ1) is 18.6. The van der Waals surface area contributed by atoms with E-state index in [1.54, 1.807) is 17.8 Å². The molecule has 0 unspecified atom stereocenters. The van der Waals surface area contributed by atoms with Gasteiger partial charge in [-0.15, -0.1) is 11.8 Å². The smallest absolute Gasteiger partial charge is 0.287 e. The SMILES string of the molecule is O=C(NCCc1ccccc1)c1ccc(CSCc2cccc(Cl)c2)o1. The highest BCUT2D eigenvalue weighted by molar-refractivity contribution is 7.97. The van der Waals surface area contributed by atoms with Crippen LogP contribution in [0.2, 0.25) is 5.02 Å². The number of amides is 1. The number of furan rings is 1. The Morgan fingerprint density at radius 3 is 2.58 bits per heavy atom. The maximum Gasteiger partial charge on any atom is 0.287 e. The highest BCUT2D eigenvalue weighted by Crippen LogP contribution is 2.21. The third-order valence-electron chi connectivity index (χ3n) is 3.83. The van der Waals surface area contributed by atoms with Crippen LogP contribution in [-0.2, 0) is 17.9 Å². The number of benzene rings is 2. The molecule has 0 atom stereocenters. The van der Waals surface area contributed by atoms with Gasteiger partial charge in [-0.3, -0.25) is 4.79 Å². The summed E-state index contributed by atoms with van der Waals surface area (Å²) in [5.41, 5.74) is 2.37. The average Bonchev–Trinajstić information content (AvgIpc) is 3.12. The van der Waals surface area contributed by atoms with Gasteiger partial charge in [-0.2, -0.15) is 0 Å². The van der Waals surface area contributed by atoms with Crippen molar-refractivity contribution in [2.75, 3.05) is 6.54 Å². The minimum Gasteiger partial charge on any atom is -0.455 e. The molecular formula is C21H20ClNO2S. The van der Waals surface area contributed by atoms with Gasteiger partial charge in [0, 0.05) is 17.3 Å². The first-order chi connectivity index (χ1) is 12.7. The first-order valence-corrected chi connectivity index (χ1v) is 9.97. The Hall–Kier alpha value is -2.17. The number of nitrogens with one attached hydrogen (secondary N) is 1. The Balaban J connectivity index is 1.42. The van der Waals surface area contributed by atoms with E-state index in [1.807, 2.05) is 60.7 Å². The van der Waals surface area contributed by atoms with E-state index in [9.17, 15) is 4.79 Å². The summed E-state index contributed by atoms with van der Waals surface area (Å²) >= 11 is 7.71. The van der Waals surface area contributed by atoms with Gasteiger partial charge >= 0.3 is 0 Å². The Morgan fingerprint density at radius 2 is 1.77 bits per heavy atom. The number of halogens is 1. The molecule has 1 N–H and O–H groups in total. The number of hydrogen-bond donors (Lipinski definition) is 1. The minimum atomic E-state index is -0.174. The molecule has 3 rings (SSSR count). The van der Waals surface area contributed by atoms with Crippen LogP contribution >= 0.6 is 23.4 Å². The average molecular weight is 386 g/mol. The van der Waals surface area contributed by atoms with E-state index in [2.05, 4.69) is 5.32 Å². The molecular weight excluding hydrogens is 366 g/mol. The van der Waals surface area contributed by atoms with Crippen LogP contribution in [0, 0.1) is 0 Å². The van der Waals surface area contributed by atoms with Crippen molar-refractivity contribution in [3.8, 4) is 0 Å². The molecule has 0 aliphatic heterocycles. The Bertz CT molecular complexity index is 848. The van der Waals surface area contributed by atoms with Crippen molar-refractivity contribution in [3.63, 3.8) is 0 Å². The molecule has 3 nitrogen and oxygen atoms in total. The summed E-state index contributed by atoms with van der Waals surface area (Å²) in [4.78, 5) is 12.2. The van der Waals surface area contributed by atoms with Gasteiger partial charge < -0.3 is 9.73 Å². The molecule has 26 heavy (non-hydrogen) atoms. The van der Waals surface area contributed by atoms with Crippen LogP contribution in [0.15, 0.2) is 71.1 Å². The van der Waals surface area contributed by atoms with Gasteiger partial charge in [0.1, 0.15) is 5.76 Å². The summed E-state index contributed by atoms with van der Waals surface area (Å²) in [6, 6.07) is 21.5. The number of hydrogen-bond acceptors (Lipinski definition) is 3. The van der Waals surface area contributed by atoms with Crippen LogP contribution in [0.1, 0.15) is 27.4 Å². The zero-order valence-electron chi connectivity index (χ0n) is 14.3. The molecule has 0 saturated heterocycles. The van der Waals surface area contributed by atoms with E-state index in [1.165, 1.54) is 11.1 Å². The van der Waals surface area contributed by atoms with Crippen molar-refractivity contribution in [2.24, 2.45) is 0 Å². The van der Waals surface area contributed by atoms with E-state index >= 15 is 0 Å². The lowest BCUT2D eigenvalue weighted by Crippen LogP contribution is -2.25. The van der Waals surface area contributed by atoms with Gasteiger partial charge in [-0.05, 0) is 41.8 Å². The van der Waals surface area contributed by atoms with Crippen LogP contribution in [0.3, 0.4) is 0 Å². The predicted molar refractivity (Wildman–Crippen MR) is 108 cm³/mol. The summed E-state index contributed by atoms with van der Waals surface area (Å²) in [5, 5.41) is 3.64. The highest BCUT2D eigenvalue weighted by atomic mass is 35.5. The normalized spacial score (nSPS) is 10.7. The Labute approximate surface area is 162 Å². The van der Waals surface area contributed by atoms with Crippen LogP contribution < -0.4 is 5.32 Å². The van der Waals surface area contributed by atoms with E-state index in [0.29, 0.717) is 18.1 Å². The van der Waals surface area contributed by atoms with Crippen LogP contribution in [0.5, 0.6) is 0 Å². The van der Waals surface area contributed by atoms with E-state index < -0.39 is 0 Å². The van der Waals surface area contributed by atoms with E-state index in [4.69, 9.17) is 16.0 Å². The number of thioether (sulfide) groups is 1. The molecule has 1 heterocycles. The molecule has 2 aromatic carbocycles. The lowest BCUT2D eigenvalue weighted by Gasteiger charge is -2.03. The minimum absolute atomic E-state index is 0.174. The van der Waals surface area contributed by atoms with Gasteiger partial charge in [0.05, 0.1) is 5.75 Å². The zero-order chi connectivity index (χ0) is 18.2. The topological polar surface area (TPSA) is 42.2 Å². The lowest BCUT2D eigenvalue weighted by atomic mass is 10.1. The third-order valence-corrected chi connectivity index (χ3v) is 5.09. The summed E-state index contributed by atoms with van der Waals surface area (Å²) in [6.45, 7) is 0.586. The molecule has 0 radical (unpaired) electrons. The number of carbonyl (C=O) groups is 1. The second-order valence-corrected chi connectivity index (χ2v) is 7.30. The molecule has 0 aliphatic carbocycles. The maximum atomic E-state index is 12.2. The van der Waals surface area contributed by atoms with Crippen molar-refractivity contribution < 1.29 is 9.21 Å². The predicted octanol–water partition coefficient (Wildman–Crippen LogP) is 5.34. The summed E-state index contributed by atoms with van der Waals surface area (Å²) in [7, 11) is 0. The Morgan fingerprint density at radius 1 is 0.962 bits per heavy atom. The monoisotopic (exact) mass is 385 g/mol. The maximum absolute atomic E-state index is 12.2.